The lowest BCUT2D eigenvalue weighted by Gasteiger charge is -2.31. The summed E-state index contributed by atoms with van der Waals surface area (Å²) in [5, 5.41) is -0.597. The van der Waals surface area contributed by atoms with E-state index in [-0.39, 0.29) is 0 Å². The third-order valence-corrected chi connectivity index (χ3v) is 7.49. The highest BCUT2D eigenvalue weighted by Crippen LogP contribution is 2.68. The van der Waals surface area contributed by atoms with E-state index in [9.17, 15) is 14.0 Å². The topological polar surface area (TPSA) is 86.6 Å². The Labute approximate surface area is 83.3 Å². The number of fused-ring (bicyclic) bond motifs is 2. The zero-order chi connectivity index (χ0) is 10.4. The summed E-state index contributed by atoms with van der Waals surface area (Å²) in [7, 11) is -6.72. The van der Waals surface area contributed by atoms with E-state index in [1.807, 2.05) is 4.86 Å². The van der Waals surface area contributed by atoms with Gasteiger partial charge in [-0.2, -0.15) is 4.86 Å². The number of nitrogens with one attached hydrogen (secondary N) is 1. The third kappa shape index (κ3) is 1.62. The van der Waals surface area contributed by atoms with E-state index >= 15 is 0 Å². The molecule has 2 fully saturated rings. The molecule has 0 heterocycles. The molecule has 14 heavy (non-hydrogen) atoms. The second-order valence-electron chi connectivity index (χ2n) is 4.36. The summed E-state index contributed by atoms with van der Waals surface area (Å²) in [5.74, 6) is 0.554. The van der Waals surface area contributed by atoms with Crippen LogP contribution in [0.2, 0.25) is 0 Å². The predicted molar refractivity (Wildman–Crippen MR) is 53.5 cm³/mol. The summed E-state index contributed by atoms with van der Waals surface area (Å²) in [6.07, 6.45) is 4.14. The zero-order valence-electron chi connectivity index (χ0n) is 7.77. The standard InChI is InChI=1S/C7H15NO4P2/c9-13(10)8-14(11,12)7-3-1-6(5-7)2-4-7/h6,13H,1-5H2,(H3,8,9,10,11,12). The van der Waals surface area contributed by atoms with E-state index in [4.69, 9.17) is 4.89 Å². The van der Waals surface area contributed by atoms with Gasteiger partial charge in [0.2, 0.25) is 0 Å². The first-order valence-corrected chi connectivity index (χ1v) is 7.81. The van der Waals surface area contributed by atoms with Crippen molar-refractivity contribution >= 4 is 15.7 Å². The monoisotopic (exact) mass is 239 g/mol. The van der Waals surface area contributed by atoms with Crippen molar-refractivity contribution in [2.75, 3.05) is 0 Å². The molecule has 2 atom stereocenters. The minimum absolute atomic E-state index is 0.554. The summed E-state index contributed by atoms with van der Waals surface area (Å²) in [5.41, 5.74) is 0. The fraction of sp³-hybridized carbons (Fsp3) is 1.00. The maximum absolute atomic E-state index is 11.9. The molecular formula is C7H15NO4P2. The lowest BCUT2D eigenvalue weighted by molar-refractivity contribution is 0.401. The highest BCUT2D eigenvalue weighted by Gasteiger charge is 2.56. The highest BCUT2D eigenvalue weighted by molar-refractivity contribution is 7.66. The van der Waals surface area contributed by atoms with Crippen molar-refractivity contribution in [3.8, 4) is 0 Å². The summed E-state index contributed by atoms with van der Waals surface area (Å²) in [6, 6.07) is 0. The maximum atomic E-state index is 11.9. The SMILES string of the molecule is O=[PH](O)NP(=O)(O)C12CCC(CC1)C2. The molecule has 0 aliphatic heterocycles. The van der Waals surface area contributed by atoms with Crippen LogP contribution in [0.4, 0.5) is 0 Å². The van der Waals surface area contributed by atoms with Crippen LogP contribution in [0.25, 0.3) is 0 Å². The van der Waals surface area contributed by atoms with Crippen LogP contribution >= 0.6 is 15.7 Å². The second kappa shape index (κ2) is 3.43. The lowest BCUT2D eigenvalue weighted by atomic mass is 10.0. The van der Waals surface area contributed by atoms with Gasteiger partial charge in [-0.25, -0.2) is 0 Å². The normalized spacial score (nSPS) is 42.3. The maximum Gasteiger partial charge on any atom is 0.280 e. The molecule has 0 saturated heterocycles. The molecule has 5 nitrogen and oxygen atoms in total. The van der Waals surface area contributed by atoms with Gasteiger partial charge >= 0.3 is 0 Å². The Balaban J connectivity index is 2.20. The van der Waals surface area contributed by atoms with E-state index in [0.29, 0.717) is 18.8 Å². The minimum atomic E-state index is -3.65. The highest BCUT2D eigenvalue weighted by atomic mass is 31.2. The van der Waals surface area contributed by atoms with Gasteiger partial charge in [0.15, 0.2) is 0 Å². The number of hydrogen-bond acceptors (Lipinski definition) is 2. The molecule has 0 aromatic heterocycles. The molecule has 2 aliphatic carbocycles. The van der Waals surface area contributed by atoms with E-state index in [1.165, 1.54) is 0 Å². The number of hydrogen-bond donors (Lipinski definition) is 3. The van der Waals surface area contributed by atoms with Crippen LogP contribution in [0.1, 0.15) is 32.1 Å². The Morgan fingerprint density at radius 2 is 2.00 bits per heavy atom. The smallest absolute Gasteiger partial charge is 0.280 e. The van der Waals surface area contributed by atoms with Crippen molar-refractivity contribution < 1.29 is 18.9 Å². The van der Waals surface area contributed by atoms with E-state index in [2.05, 4.69) is 0 Å². The Kier molecular flexibility index (Phi) is 2.66. The van der Waals surface area contributed by atoms with Gasteiger partial charge < -0.3 is 9.79 Å². The Morgan fingerprint density at radius 1 is 1.43 bits per heavy atom. The molecule has 0 aromatic rings. The fourth-order valence-electron chi connectivity index (χ4n) is 2.84. The van der Waals surface area contributed by atoms with Gasteiger partial charge in [0.25, 0.3) is 15.7 Å². The van der Waals surface area contributed by atoms with Crippen molar-refractivity contribution in [2.45, 2.75) is 37.3 Å². The summed E-state index contributed by atoms with van der Waals surface area (Å²) < 4.78 is 22.5. The first kappa shape index (κ1) is 10.8. The largest absolute Gasteiger partial charge is 0.335 e. The van der Waals surface area contributed by atoms with Crippen LogP contribution in [0.5, 0.6) is 0 Å². The molecule has 82 valence electrons. The molecule has 0 amide bonds. The minimum Gasteiger partial charge on any atom is -0.335 e. The van der Waals surface area contributed by atoms with Gasteiger partial charge in [-0.3, -0.25) is 9.13 Å². The molecule has 0 radical (unpaired) electrons. The summed E-state index contributed by atoms with van der Waals surface area (Å²) in [4.78, 5) is 20.4. The van der Waals surface area contributed by atoms with Gasteiger partial charge in [-0.15, -0.1) is 0 Å². The van der Waals surface area contributed by atoms with Crippen molar-refractivity contribution in [3.05, 3.63) is 0 Å². The van der Waals surface area contributed by atoms with E-state index < -0.39 is 20.9 Å². The fourth-order valence-corrected chi connectivity index (χ4v) is 6.19. The van der Waals surface area contributed by atoms with Crippen molar-refractivity contribution in [1.29, 1.82) is 0 Å². The predicted octanol–water partition coefficient (Wildman–Crippen LogP) is 1.48. The van der Waals surface area contributed by atoms with Crippen LogP contribution in [-0.2, 0) is 9.13 Å². The summed E-state index contributed by atoms with van der Waals surface area (Å²) >= 11 is 0. The molecule has 3 N–H and O–H groups in total. The van der Waals surface area contributed by atoms with Crippen LogP contribution in [-0.4, -0.2) is 14.9 Å². The molecule has 2 rings (SSSR count). The molecule has 2 saturated carbocycles. The third-order valence-electron chi connectivity index (χ3n) is 3.59. The van der Waals surface area contributed by atoms with Gasteiger partial charge in [0.1, 0.15) is 0 Å². The van der Waals surface area contributed by atoms with Crippen LogP contribution in [0.3, 0.4) is 0 Å². The molecule has 2 aliphatic rings. The first-order valence-electron chi connectivity index (χ1n) is 4.79. The molecule has 0 spiro atoms. The van der Waals surface area contributed by atoms with Crippen LogP contribution < -0.4 is 4.86 Å². The van der Waals surface area contributed by atoms with Crippen molar-refractivity contribution in [2.24, 2.45) is 5.92 Å². The molecule has 7 heteroatoms. The Morgan fingerprint density at radius 3 is 2.36 bits per heavy atom. The second-order valence-corrected chi connectivity index (χ2v) is 7.97. The molecule has 0 aromatic carbocycles. The van der Waals surface area contributed by atoms with Crippen molar-refractivity contribution in [1.82, 2.24) is 4.86 Å². The average Bonchev–Trinajstić information content (AvgIpc) is 2.60. The van der Waals surface area contributed by atoms with E-state index in [1.54, 1.807) is 0 Å². The quantitative estimate of drug-likeness (QED) is 0.649. The molecular weight excluding hydrogens is 224 g/mol. The Bertz CT molecular complexity index is 311. The van der Waals surface area contributed by atoms with Crippen molar-refractivity contribution in [3.63, 3.8) is 0 Å². The van der Waals surface area contributed by atoms with Gasteiger partial charge in [0, 0.05) is 0 Å². The summed E-state index contributed by atoms with van der Waals surface area (Å²) in [6.45, 7) is 0. The van der Waals surface area contributed by atoms with E-state index in [0.717, 1.165) is 19.3 Å². The first-order chi connectivity index (χ1) is 6.45. The van der Waals surface area contributed by atoms with Crippen LogP contribution in [0.15, 0.2) is 0 Å². The van der Waals surface area contributed by atoms with Crippen LogP contribution in [0, 0.1) is 5.92 Å². The average molecular weight is 239 g/mol. The number of rotatable bonds is 3. The van der Waals surface area contributed by atoms with Gasteiger partial charge in [-0.05, 0) is 38.0 Å². The molecule has 2 bridgehead atoms. The Hall–Kier alpha value is 0.340. The van der Waals surface area contributed by atoms with Gasteiger partial charge in [0.05, 0.1) is 5.16 Å². The lowest BCUT2D eigenvalue weighted by Crippen LogP contribution is -2.27. The van der Waals surface area contributed by atoms with Gasteiger partial charge in [-0.1, -0.05) is 0 Å². The zero-order valence-corrected chi connectivity index (χ0v) is 9.67. The molecule has 2 unspecified atom stereocenters.